The third-order valence-corrected chi connectivity index (χ3v) is 3.47. The van der Waals surface area contributed by atoms with Gasteiger partial charge in [-0.05, 0) is 42.5 Å². The molecule has 0 aromatic heterocycles. The summed E-state index contributed by atoms with van der Waals surface area (Å²) in [4.78, 5) is 34.5. The molecule has 0 radical (unpaired) electrons. The molecule has 0 saturated carbocycles. The van der Waals surface area contributed by atoms with E-state index in [0.29, 0.717) is 10.2 Å². The van der Waals surface area contributed by atoms with Gasteiger partial charge in [0.15, 0.2) is 6.61 Å². The fraction of sp³-hybridized carbons (Fsp3) is 0.118. The Balaban J connectivity index is 1.88. The number of amides is 2. The van der Waals surface area contributed by atoms with Crippen molar-refractivity contribution >= 4 is 45.1 Å². The summed E-state index contributed by atoms with van der Waals surface area (Å²) in [6, 6.07) is 10.2. The van der Waals surface area contributed by atoms with E-state index in [1.54, 1.807) is 6.07 Å². The number of hydrogen-bond acceptors (Lipinski definition) is 4. The number of hydrogen-bond donors (Lipinski definition) is 2. The first-order valence-corrected chi connectivity index (χ1v) is 7.94. The molecular formula is C17H14BrFN2O4. The van der Waals surface area contributed by atoms with Crippen LogP contribution in [0.2, 0.25) is 0 Å². The van der Waals surface area contributed by atoms with Crippen LogP contribution < -0.4 is 10.6 Å². The monoisotopic (exact) mass is 408 g/mol. The van der Waals surface area contributed by atoms with Gasteiger partial charge in [0.25, 0.3) is 5.91 Å². The zero-order valence-corrected chi connectivity index (χ0v) is 14.7. The molecule has 0 heterocycles. The zero-order valence-electron chi connectivity index (χ0n) is 13.1. The molecule has 2 rings (SSSR count). The van der Waals surface area contributed by atoms with Crippen LogP contribution in [0.1, 0.15) is 17.3 Å². The van der Waals surface area contributed by atoms with E-state index >= 15 is 0 Å². The lowest BCUT2D eigenvalue weighted by Gasteiger charge is -2.08. The number of halogens is 2. The Morgan fingerprint density at radius 2 is 1.76 bits per heavy atom. The Morgan fingerprint density at radius 1 is 1.08 bits per heavy atom. The van der Waals surface area contributed by atoms with Crippen molar-refractivity contribution in [1.29, 1.82) is 0 Å². The Bertz CT molecular complexity index is 809. The third kappa shape index (κ3) is 5.68. The van der Waals surface area contributed by atoms with Crippen molar-refractivity contribution in [2.45, 2.75) is 6.92 Å². The topological polar surface area (TPSA) is 84.5 Å². The van der Waals surface area contributed by atoms with Crippen LogP contribution in [0.5, 0.6) is 0 Å². The van der Waals surface area contributed by atoms with Crippen LogP contribution >= 0.6 is 15.9 Å². The molecule has 0 atom stereocenters. The minimum Gasteiger partial charge on any atom is -0.452 e. The normalized spacial score (nSPS) is 10.0. The van der Waals surface area contributed by atoms with E-state index in [0.717, 1.165) is 0 Å². The fourth-order valence-corrected chi connectivity index (χ4v) is 2.22. The second kappa shape index (κ2) is 8.39. The predicted octanol–water partition coefficient (Wildman–Crippen LogP) is 3.34. The molecule has 0 saturated heterocycles. The number of anilines is 2. The molecule has 2 aromatic rings. The lowest BCUT2D eigenvalue weighted by molar-refractivity contribution is -0.119. The van der Waals surface area contributed by atoms with E-state index < -0.39 is 24.3 Å². The van der Waals surface area contributed by atoms with Gasteiger partial charge in [-0.1, -0.05) is 15.9 Å². The highest BCUT2D eigenvalue weighted by Crippen LogP contribution is 2.19. The summed E-state index contributed by atoms with van der Waals surface area (Å²) in [5, 5.41) is 4.88. The number of nitrogens with one attached hydrogen (secondary N) is 2. The molecule has 2 amide bonds. The molecule has 0 bridgehead atoms. The molecule has 6 nitrogen and oxygen atoms in total. The van der Waals surface area contributed by atoms with Gasteiger partial charge >= 0.3 is 5.97 Å². The van der Waals surface area contributed by atoms with Crippen LogP contribution in [0.3, 0.4) is 0 Å². The van der Waals surface area contributed by atoms with E-state index in [-0.39, 0.29) is 17.2 Å². The number of rotatable bonds is 5. The van der Waals surface area contributed by atoms with Crippen molar-refractivity contribution in [1.82, 2.24) is 0 Å². The molecule has 0 aliphatic rings. The molecule has 0 unspecified atom stereocenters. The fourth-order valence-electron chi connectivity index (χ4n) is 1.88. The van der Waals surface area contributed by atoms with E-state index in [2.05, 4.69) is 26.6 Å². The Labute approximate surface area is 151 Å². The summed E-state index contributed by atoms with van der Waals surface area (Å²) >= 11 is 3.11. The minimum atomic E-state index is -0.708. The second-order valence-electron chi connectivity index (χ2n) is 5.01. The maximum Gasteiger partial charge on any atom is 0.338 e. The summed E-state index contributed by atoms with van der Waals surface area (Å²) < 4.78 is 19.0. The summed E-state index contributed by atoms with van der Waals surface area (Å²) in [7, 11) is 0. The maximum atomic E-state index is 13.6. The number of carbonyl (C=O) groups excluding carboxylic acids is 3. The summed E-state index contributed by atoms with van der Waals surface area (Å²) in [5.74, 6) is -2.21. The minimum absolute atomic E-state index is 0.0103. The van der Waals surface area contributed by atoms with Crippen LogP contribution in [0.15, 0.2) is 46.9 Å². The van der Waals surface area contributed by atoms with Crippen molar-refractivity contribution in [3.63, 3.8) is 0 Å². The van der Waals surface area contributed by atoms with Crippen LogP contribution in [0.25, 0.3) is 0 Å². The van der Waals surface area contributed by atoms with Gasteiger partial charge in [0.1, 0.15) is 5.82 Å². The SMILES string of the molecule is CC(=O)Nc1ccc(C(=O)OCC(=O)Nc2ccc(Br)cc2F)cc1. The van der Waals surface area contributed by atoms with Gasteiger partial charge in [-0.15, -0.1) is 0 Å². The van der Waals surface area contributed by atoms with Crippen molar-refractivity contribution in [3.05, 3.63) is 58.3 Å². The Morgan fingerprint density at radius 3 is 2.36 bits per heavy atom. The van der Waals surface area contributed by atoms with E-state index in [9.17, 15) is 18.8 Å². The van der Waals surface area contributed by atoms with Gasteiger partial charge in [-0.2, -0.15) is 0 Å². The zero-order chi connectivity index (χ0) is 18.4. The van der Waals surface area contributed by atoms with Gasteiger partial charge in [-0.25, -0.2) is 9.18 Å². The molecule has 2 aromatic carbocycles. The van der Waals surface area contributed by atoms with Crippen molar-refractivity contribution in [3.8, 4) is 0 Å². The van der Waals surface area contributed by atoms with Crippen molar-refractivity contribution in [2.24, 2.45) is 0 Å². The largest absolute Gasteiger partial charge is 0.452 e. The number of carbonyl (C=O) groups is 3. The molecule has 0 aliphatic carbocycles. The van der Waals surface area contributed by atoms with Crippen LogP contribution in [-0.4, -0.2) is 24.4 Å². The summed E-state index contributed by atoms with van der Waals surface area (Å²) in [5.41, 5.74) is 0.744. The van der Waals surface area contributed by atoms with E-state index in [1.807, 2.05) is 0 Å². The second-order valence-corrected chi connectivity index (χ2v) is 5.92. The lowest BCUT2D eigenvalue weighted by atomic mass is 10.2. The molecular weight excluding hydrogens is 395 g/mol. The highest BCUT2D eigenvalue weighted by Gasteiger charge is 2.12. The van der Waals surface area contributed by atoms with Gasteiger partial charge in [-0.3, -0.25) is 9.59 Å². The first kappa shape index (κ1) is 18.6. The Hall–Kier alpha value is -2.74. The van der Waals surface area contributed by atoms with Gasteiger partial charge in [0.2, 0.25) is 5.91 Å². The van der Waals surface area contributed by atoms with Gasteiger partial charge in [0, 0.05) is 17.1 Å². The smallest absolute Gasteiger partial charge is 0.338 e. The number of esters is 1. The molecule has 2 N–H and O–H groups in total. The predicted molar refractivity (Wildman–Crippen MR) is 93.8 cm³/mol. The first-order chi connectivity index (χ1) is 11.8. The number of benzene rings is 2. The summed E-state index contributed by atoms with van der Waals surface area (Å²) in [6.07, 6.45) is 0. The summed E-state index contributed by atoms with van der Waals surface area (Å²) in [6.45, 7) is 0.816. The Kier molecular flexibility index (Phi) is 6.24. The van der Waals surface area contributed by atoms with Gasteiger partial charge in [0.05, 0.1) is 11.3 Å². The molecule has 0 fully saturated rings. The van der Waals surface area contributed by atoms with Crippen molar-refractivity contribution in [2.75, 3.05) is 17.2 Å². The highest BCUT2D eigenvalue weighted by atomic mass is 79.9. The standard InChI is InChI=1S/C17H14BrFN2O4/c1-10(22)20-13-5-2-11(3-6-13)17(24)25-9-16(23)21-15-7-4-12(18)8-14(15)19/h2-8H,9H2,1H3,(H,20,22)(H,21,23). The van der Waals surface area contributed by atoms with E-state index in [1.165, 1.54) is 43.3 Å². The van der Waals surface area contributed by atoms with Crippen LogP contribution in [0.4, 0.5) is 15.8 Å². The quantitative estimate of drug-likeness (QED) is 0.742. The molecule has 0 spiro atoms. The maximum absolute atomic E-state index is 13.6. The average molecular weight is 409 g/mol. The number of ether oxygens (including phenoxy) is 1. The molecule has 8 heteroatoms. The molecule has 0 aliphatic heterocycles. The highest BCUT2D eigenvalue weighted by molar-refractivity contribution is 9.10. The average Bonchev–Trinajstić information content (AvgIpc) is 2.55. The lowest BCUT2D eigenvalue weighted by Crippen LogP contribution is -2.21. The molecule has 130 valence electrons. The van der Waals surface area contributed by atoms with E-state index in [4.69, 9.17) is 4.74 Å². The third-order valence-electron chi connectivity index (χ3n) is 2.98. The van der Waals surface area contributed by atoms with Crippen LogP contribution in [-0.2, 0) is 14.3 Å². The van der Waals surface area contributed by atoms with Crippen LogP contribution in [0, 0.1) is 5.82 Å². The van der Waals surface area contributed by atoms with Gasteiger partial charge < -0.3 is 15.4 Å². The molecule has 25 heavy (non-hydrogen) atoms. The van der Waals surface area contributed by atoms with Crippen molar-refractivity contribution < 1.29 is 23.5 Å². The first-order valence-electron chi connectivity index (χ1n) is 7.15.